The molecule has 0 amide bonds. The Bertz CT molecular complexity index is 398. The summed E-state index contributed by atoms with van der Waals surface area (Å²) in [6.07, 6.45) is 1.45. The summed E-state index contributed by atoms with van der Waals surface area (Å²) in [6.45, 7) is 0. The molecule has 2 aromatic heterocycles. The van der Waals surface area contributed by atoms with Crippen LogP contribution in [0.3, 0.4) is 0 Å². The predicted molar refractivity (Wildman–Crippen MR) is 47.3 cm³/mol. The van der Waals surface area contributed by atoms with E-state index in [9.17, 15) is 0 Å². The second kappa shape index (κ2) is 2.38. The summed E-state index contributed by atoms with van der Waals surface area (Å²) in [5, 5.41) is 0.515. The highest BCUT2D eigenvalue weighted by Crippen LogP contribution is 2.26. The SMILES string of the molecule is Nc1nc2ncnc(Br)c2s1. The summed E-state index contributed by atoms with van der Waals surface area (Å²) < 4.78 is 1.64. The molecule has 0 aliphatic carbocycles. The monoisotopic (exact) mass is 230 g/mol. The standard InChI is InChI=1S/C5H3BrN4S/c6-3-2-4(9-1-8-3)10-5(7)11-2/h1H,(H2,7,8,9,10). The van der Waals surface area contributed by atoms with E-state index >= 15 is 0 Å². The van der Waals surface area contributed by atoms with Gasteiger partial charge in [0.15, 0.2) is 10.8 Å². The molecule has 4 nitrogen and oxygen atoms in total. The van der Waals surface area contributed by atoms with Crippen molar-refractivity contribution in [2.24, 2.45) is 0 Å². The molecule has 56 valence electrons. The van der Waals surface area contributed by atoms with E-state index in [0.29, 0.717) is 10.8 Å². The molecule has 0 atom stereocenters. The van der Waals surface area contributed by atoms with Crippen LogP contribution in [-0.4, -0.2) is 15.0 Å². The number of hydrogen-bond acceptors (Lipinski definition) is 5. The molecular formula is C5H3BrN4S. The zero-order chi connectivity index (χ0) is 7.84. The first-order valence-electron chi connectivity index (χ1n) is 2.80. The fourth-order valence-electron chi connectivity index (χ4n) is 0.743. The quantitative estimate of drug-likeness (QED) is 0.696. The van der Waals surface area contributed by atoms with Crippen LogP contribution in [0.5, 0.6) is 0 Å². The second-order valence-corrected chi connectivity index (χ2v) is 3.65. The molecule has 0 unspecified atom stereocenters. The summed E-state index contributed by atoms with van der Waals surface area (Å²) in [6, 6.07) is 0. The van der Waals surface area contributed by atoms with Gasteiger partial charge in [-0.2, -0.15) is 0 Å². The average Bonchev–Trinajstić information content (AvgIpc) is 2.31. The topological polar surface area (TPSA) is 64.7 Å². The summed E-state index contributed by atoms with van der Waals surface area (Å²) in [5.41, 5.74) is 6.13. The van der Waals surface area contributed by atoms with Crippen molar-refractivity contribution < 1.29 is 0 Å². The molecule has 0 saturated carbocycles. The molecular weight excluding hydrogens is 228 g/mol. The number of fused-ring (bicyclic) bond motifs is 1. The van der Waals surface area contributed by atoms with E-state index in [1.54, 1.807) is 0 Å². The van der Waals surface area contributed by atoms with Crippen LogP contribution < -0.4 is 5.73 Å². The third kappa shape index (κ3) is 1.08. The Morgan fingerprint density at radius 2 is 2.27 bits per heavy atom. The van der Waals surface area contributed by atoms with Crippen molar-refractivity contribution in [2.75, 3.05) is 5.73 Å². The van der Waals surface area contributed by atoms with Crippen LogP contribution in [0.2, 0.25) is 0 Å². The van der Waals surface area contributed by atoms with E-state index in [1.165, 1.54) is 17.7 Å². The number of aromatic nitrogens is 3. The van der Waals surface area contributed by atoms with E-state index in [-0.39, 0.29) is 0 Å². The molecule has 6 heteroatoms. The van der Waals surface area contributed by atoms with Crippen LogP contribution in [0.4, 0.5) is 5.13 Å². The molecule has 2 rings (SSSR count). The lowest BCUT2D eigenvalue weighted by Crippen LogP contribution is -1.82. The summed E-state index contributed by atoms with van der Waals surface area (Å²) >= 11 is 4.65. The highest BCUT2D eigenvalue weighted by Gasteiger charge is 2.05. The molecule has 0 bridgehead atoms. The summed E-state index contributed by atoms with van der Waals surface area (Å²) in [5.74, 6) is 0. The first-order chi connectivity index (χ1) is 5.27. The largest absolute Gasteiger partial charge is 0.375 e. The smallest absolute Gasteiger partial charge is 0.182 e. The Labute approximate surface area is 74.6 Å². The maximum absolute atomic E-state index is 5.48. The first-order valence-corrected chi connectivity index (χ1v) is 4.41. The Balaban J connectivity index is 2.90. The molecule has 0 saturated heterocycles. The van der Waals surface area contributed by atoms with Gasteiger partial charge in [-0.15, -0.1) is 0 Å². The van der Waals surface area contributed by atoms with Gasteiger partial charge in [-0.1, -0.05) is 11.3 Å². The van der Waals surface area contributed by atoms with E-state index in [1.807, 2.05) is 0 Å². The zero-order valence-corrected chi connectivity index (χ0v) is 7.69. The van der Waals surface area contributed by atoms with Crippen molar-refractivity contribution in [2.45, 2.75) is 0 Å². The van der Waals surface area contributed by atoms with E-state index < -0.39 is 0 Å². The normalized spacial score (nSPS) is 10.6. The molecule has 2 heterocycles. The number of anilines is 1. The van der Waals surface area contributed by atoms with Gasteiger partial charge in [-0.25, -0.2) is 15.0 Å². The minimum atomic E-state index is 0.515. The molecule has 0 fully saturated rings. The lowest BCUT2D eigenvalue weighted by molar-refractivity contribution is 1.18. The number of thiazole rings is 1. The van der Waals surface area contributed by atoms with Crippen molar-refractivity contribution in [3.63, 3.8) is 0 Å². The molecule has 11 heavy (non-hydrogen) atoms. The van der Waals surface area contributed by atoms with E-state index in [2.05, 4.69) is 30.9 Å². The lowest BCUT2D eigenvalue weighted by atomic mass is 10.6. The van der Waals surface area contributed by atoms with Crippen LogP contribution in [-0.2, 0) is 0 Å². The average molecular weight is 231 g/mol. The number of rotatable bonds is 0. The van der Waals surface area contributed by atoms with Crippen LogP contribution in [0.25, 0.3) is 10.3 Å². The van der Waals surface area contributed by atoms with Crippen molar-refractivity contribution >= 4 is 42.7 Å². The third-order valence-electron chi connectivity index (χ3n) is 1.16. The molecule has 0 radical (unpaired) electrons. The van der Waals surface area contributed by atoms with Gasteiger partial charge in [-0.05, 0) is 15.9 Å². The molecule has 0 aliphatic rings. The fraction of sp³-hybridized carbons (Fsp3) is 0. The minimum absolute atomic E-state index is 0.515. The number of nitrogen functional groups attached to an aromatic ring is 1. The Hall–Kier alpha value is -0.750. The number of hydrogen-bond donors (Lipinski definition) is 1. The van der Waals surface area contributed by atoms with Gasteiger partial charge in [0.25, 0.3) is 0 Å². The summed E-state index contributed by atoms with van der Waals surface area (Å²) in [7, 11) is 0. The number of halogens is 1. The molecule has 2 N–H and O–H groups in total. The minimum Gasteiger partial charge on any atom is -0.375 e. The maximum Gasteiger partial charge on any atom is 0.182 e. The van der Waals surface area contributed by atoms with Gasteiger partial charge in [0, 0.05) is 0 Å². The van der Waals surface area contributed by atoms with Crippen LogP contribution in [0, 0.1) is 0 Å². The van der Waals surface area contributed by atoms with Gasteiger partial charge in [0.2, 0.25) is 0 Å². The highest BCUT2D eigenvalue weighted by atomic mass is 79.9. The van der Waals surface area contributed by atoms with Crippen LogP contribution in [0.1, 0.15) is 0 Å². The van der Waals surface area contributed by atoms with Crippen molar-refractivity contribution in [1.29, 1.82) is 0 Å². The molecule has 0 aliphatic heterocycles. The van der Waals surface area contributed by atoms with Crippen LogP contribution >= 0.6 is 27.3 Å². The predicted octanol–water partition coefficient (Wildman–Crippen LogP) is 1.43. The van der Waals surface area contributed by atoms with Gasteiger partial charge < -0.3 is 5.73 Å². The highest BCUT2D eigenvalue weighted by molar-refractivity contribution is 9.10. The van der Waals surface area contributed by atoms with Gasteiger partial charge in [-0.3, -0.25) is 0 Å². The molecule has 2 aromatic rings. The summed E-state index contributed by atoms with van der Waals surface area (Å²) in [4.78, 5) is 11.9. The van der Waals surface area contributed by atoms with E-state index in [0.717, 1.165) is 9.30 Å². The third-order valence-corrected chi connectivity index (χ3v) is 2.91. The fourth-order valence-corrected chi connectivity index (χ4v) is 1.92. The number of nitrogens with two attached hydrogens (primary N) is 1. The van der Waals surface area contributed by atoms with Crippen molar-refractivity contribution in [3.8, 4) is 0 Å². The van der Waals surface area contributed by atoms with Crippen molar-refractivity contribution in [1.82, 2.24) is 15.0 Å². The first kappa shape index (κ1) is 6.93. The molecule has 0 spiro atoms. The van der Waals surface area contributed by atoms with Gasteiger partial charge in [0.05, 0.1) is 0 Å². The van der Waals surface area contributed by atoms with Gasteiger partial charge in [0.1, 0.15) is 15.6 Å². The van der Waals surface area contributed by atoms with Gasteiger partial charge >= 0.3 is 0 Å². The van der Waals surface area contributed by atoms with Crippen molar-refractivity contribution in [3.05, 3.63) is 10.9 Å². The second-order valence-electron chi connectivity index (χ2n) is 1.87. The Morgan fingerprint density at radius 3 is 3.00 bits per heavy atom. The maximum atomic E-state index is 5.48. The lowest BCUT2D eigenvalue weighted by Gasteiger charge is -1.86. The molecule has 0 aromatic carbocycles. The van der Waals surface area contributed by atoms with E-state index in [4.69, 9.17) is 5.73 Å². The zero-order valence-electron chi connectivity index (χ0n) is 5.28. The number of nitrogens with zero attached hydrogens (tertiary/aromatic N) is 3. The Morgan fingerprint density at radius 1 is 1.45 bits per heavy atom. The van der Waals surface area contributed by atoms with Crippen LogP contribution in [0.15, 0.2) is 10.9 Å². The Kier molecular flexibility index (Phi) is 1.50.